The minimum absolute atomic E-state index is 0.208. The third-order valence-corrected chi connectivity index (χ3v) is 3.62. The molecule has 1 aromatic heterocycles. The number of nitrogens with zero attached hydrogens (tertiary/aromatic N) is 2. The number of aliphatic imine (C=N–C) groups is 1. The Morgan fingerprint density at radius 2 is 2.59 bits per heavy atom. The van der Waals surface area contributed by atoms with Gasteiger partial charge < -0.3 is 15.3 Å². The summed E-state index contributed by atoms with van der Waals surface area (Å²) in [6.07, 6.45) is 0.629. The van der Waals surface area contributed by atoms with Gasteiger partial charge in [0, 0.05) is 24.5 Å². The van der Waals surface area contributed by atoms with Gasteiger partial charge >= 0.3 is 0 Å². The van der Waals surface area contributed by atoms with E-state index in [1.807, 2.05) is 6.07 Å². The Morgan fingerprint density at radius 1 is 1.71 bits per heavy atom. The lowest BCUT2D eigenvalue weighted by atomic mass is 10.3. The average molecular weight is 253 g/mol. The largest absolute Gasteiger partial charge is 0.391 e. The second kappa shape index (κ2) is 6.02. The predicted octanol–water partition coefficient (Wildman–Crippen LogP) is 1.28. The number of thiophene rings is 1. The Labute approximate surface area is 106 Å². The molecule has 1 aliphatic rings. The molecule has 2 N–H and O–H groups in total. The lowest BCUT2D eigenvalue weighted by molar-refractivity contribution is 0.188. The fourth-order valence-electron chi connectivity index (χ4n) is 1.92. The van der Waals surface area contributed by atoms with Crippen molar-refractivity contribution in [1.82, 2.24) is 10.2 Å². The molecule has 1 aromatic rings. The number of rotatable bonds is 3. The number of hydrogen-bond donors (Lipinski definition) is 2. The molecule has 1 saturated heterocycles. The lowest BCUT2D eigenvalue weighted by Gasteiger charge is -2.20. The van der Waals surface area contributed by atoms with Crippen LogP contribution in [0, 0.1) is 0 Å². The number of guanidine groups is 1. The SMILES string of the molecule is CCNC(=NCc1cccs1)N1CC[C@@H](O)C1. The Morgan fingerprint density at radius 3 is 3.18 bits per heavy atom. The van der Waals surface area contributed by atoms with E-state index in [9.17, 15) is 5.11 Å². The minimum Gasteiger partial charge on any atom is -0.391 e. The standard InChI is InChI=1S/C12H19N3OS/c1-2-13-12(15-6-5-10(16)9-15)14-8-11-4-3-7-17-11/h3-4,7,10,16H,2,5-6,8-9H2,1H3,(H,13,14)/t10-/m1/s1. The number of nitrogens with one attached hydrogen (secondary N) is 1. The van der Waals surface area contributed by atoms with E-state index in [2.05, 4.69) is 33.6 Å². The summed E-state index contributed by atoms with van der Waals surface area (Å²) in [6, 6.07) is 4.14. The molecule has 1 fully saturated rings. The first kappa shape index (κ1) is 12.4. The first-order chi connectivity index (χ1) is 8.29. The Bertz CT molecular complexity index is 364. The molecule has 0 unspecified atom stereocenters. The molecule has 0 aromatic carbocycles. The van der Waals surface area contributed by atoms with Crippen LogP contribution in [-0.2, 0) is 6.54 Å². The predicted molar refractivity (Wildman–Crippen MR) is 71.3 cm³/mol. The molecule has 0 aliphatic carbocycles. The molecule has 4 nitrogen and oxygen atoms in total. The first-order valence-electron chi connectivity index (χ1n) is 6.03. The highest BCUT2D eigenvalue weighted by Gasteiger charge is 2.22. The van der Waals surface area contributed by atoms with Gasteiger partial charge in [-0.15, -0.1) is 11.3 Å². The van der Waals surface area contributed by atoms with Gasteiger partial charge in [-0.1, -0.05) is 6.07 Å². The molecule has 5 heteroatoms. The van der Waals surface area contributed by atoms with Gasteiger partial charge in [0.2, 0.25) is 0 Å². The summed E-state index contributed by atoms with van der Waals surface area (Å²) in [5, 5.41) is 14.9. The van der Waals surface area contributed by atoms with E-state index < -0.39 is 0 Å². The van der Waals surface area contributed by atoms with Crippen molar-refractivity contribution in [3.63, 3.8) is 0 Å². The highest BCUT2D eigenvalue weighted by atomic mass is 32.1. The molecule has 17 heavy (non-hydrogen) atoms. The summed E-state index contributed by atoms with van der Waals surface area (Å²) in [4.78, 5) is 7.99. The van der Waals surface area contributed by atoms with Crippen molar-refractivity contribution in [1.29, 1.82) is 0 Å². The molecular formula is C12H19N3OS. The molecule has 0 bridgehead atoms. The van der Waals surface area contributed by atoms with Crippen molar-refractivity contribution in [3.8, 4) is 0 Å². The summed E-state index contributed by atoms with van der Waals surface area (Å²) in [6.45, 7) is 5.21. The molecule has 94 valence electrons. The van der Waals surface area contributed by atoms with Crippen LogP contribution in [0.3, 0.4) is 0 Å². The fraction of sp³-hybridized carbons (Fsp3) is 0.583. The van der Waals surface area contributed by atoms with Gasteiger partial charge in [-0.25, -0.2) is 4.99 Å². The Kier molecular flexibility index (Phi) is 4.39. The fourth-order valence-corrected chi connectivity index (χ4v) is 2.54. The van der Waals surface area contributed by atoms with Crippen molar-refractivity contribution >= 4 is 17.3 Å². The quantitative estimate of drug-likeness (QED) is 0.630. The summed E-state index contributed by atoms with van der Waals surface area (Å²) in [5.41, 5.74) is 0. The molecule has 2 rings (SSSR count). The van der Waals surface area contributed by atoms with Crippen LogP contribution in [0.25, 0.3) is 0 Å². The number of hydrogen-bond acceptors (Lipinski definition) is 3. The maximum atomic E-state index is 9.55. The number of β-amino-alcohol motifs (C(OH)–C–C–N with tert-alkyl or cyclic N) is 1. The van der Waals surface area contributed by atoms with Crippen LogP contribution < -0.4 is 5.32 Å². The van der Waals surface area contributed by atoms with Gasteiger partial charge in [-0.05, 0) is 24.8 Å². The van der Waals surface area contributed by atoms with E-state index in [4.69, 9.17) is 0 Å². The molecule has 0 spiro atoms. The van der Waals surface area contributed by atoms with Crippen LogP contribution in [0.4, 0.5) is 0 Å². The van der Waals surface area contributed by atoms with E-state index in [0.29, 0.717) is 13.1 Å². The van der Waals surface area contributed by atoms with Crippen molar-refractivity contribution in [2.24, 2.45) is 4.99 Å². The second-order valence-electron chi connectivity index (χ2n) is 4.14. The lowest BCUT2D eigenvalue weighted by Crippen LogP contribution is -2.40. The van der Waals surface area contributed by atoms with Crippen molar-refractivity contribution < 1.29 is 5.11 Å². The van der Waals surface area contributed by atoms with E-state index in [1.54, 1.807) is 11.3 Å². The van der Waals surface area contributed by atoms with Crippen molar-refractivity contribution in [2.75, 3.05) is 19.6 Å². The molecule has 0 saturated carbocycles. The van der Waals surface area contributed by atoms with E-state index in [1.165, 1.54) is 4.88 Å². The van der Waals surface area contributed by atoms with E-state index in [-0.39, 0.29) is 6.10 Å². The van der Waals surface area contributed by atoms with Crippen LogP contribution in [0.1, 0.15) is 18.2 Å². The summed E-state index contributed by atoms with van der Waals surface area (Å²) in [5.74, 6) is 0.914. The Balaban J connectivity index is 1.98. The summed E-state index contributed by atoms with van der Waals surface area (Å²) < 4.78 is 0. The Hall–Kier alpha value is -1.07. The minimum atomic E-state index is -0.208. The van der Waals surface area contributed by atoms with Gasteiger partial charge in [0.25, 0.3) is 0 Å². The highest BCUT2D eigenvalue weighted by molar-refractivity contribution is 7.09. The highest BCUT2D eigenvalue weighted by Crippen LogP contribution is 2.12. The normalized spacial score (nSPS) is 20.9. The monoisotopic (exact) mass is 253 g/mol. The van der Waals surface area contributed by atoms with Crippen LogP contribution in [0.15, 0.2) is 22.5 Å². The van der Waals surface area contributed by atoms with Crippen LogP contribution in [0.2, 0.25) is 0 Å². The van der Waals surface area contributed by atoms with E-state index >= 15 is 0 Å². The average Bonchev–Trinajstić information content (AvgIpc) is 2.95. The number of aliphatic hydroxyl groups excluding tert-OH is 1. The molecule has 2 heterocycles. The van der Waals surface area contributed by atoms with Gasteiger partial charge in [-0.3, -0.25) is 0 Å². The molecule has 0 amide bonds. The number of aliphatic hydroxyl groups is 1. The summed E-state index contributed by atoms with van der Waals surface area (Å²) in [7, 11) is 0. The topological polar surface area (TPSA) is 47.9 Å². The zero-order valence-electron chi connectivity index (χ0n) is 10.1. The first-order valence-corrected chi connectivity index (χ1v) is 6.91. The zero-order chi connectivity index (χ0) is 12.1. The second-order valence-corrected chi connectivity index (χ2v) is 5.17. The van der Waals surface area contributed by atoms with E-state index in [0.717, 1.165) is 25.5 Å². The maximum Gasteiger partial charge on any atom is 0.194 e. The van der Waals surface area contributed by atoms with Crippen LogP contribution in [-0.4, -0.2) is 41.7 Å². The maximum absolute atomic E-state index is 9.55. The number of likely N-dealkylation sites (tertiary alicyclic amines) is 1. The zero-order valence-corrected chi connectivity index (χ0v) is 10.9. The van der Waals surface area contributed by atoms with Crippen LogP contribution in [0.5, 0.6) is 0 Å². The summed E-state index contributed by atoms with van der Waals surface area (Å²) >= 11 is 1.72. The van der Waals surface area contributed by atoms with Crippen molar-refractivity contribution in [2.45, 2.75) is 26.0 Å². The van der Waals surface area contributed by atoms with Crippen LogP contribution >= 0.6 is 11.3 Å². The molecule has 1 aliphatic heterocycles. The third-order valence-electron chi connectivity index (χ3n) is 2.76. The molecule has 0 radical (unpaired) electrons. The van der Waals surface area contributed by atoms with Gasteiger partial charge in [0.05, 0.1) is 12.6 Å². The van der Waals surface area contributed by atoms with Crippen molar-refractivity contribution in [3.05, 3.63) is 22.4 Å². The van der Waals surface area contributed by atoms with Gasteiger partial charge in [0.15, 0.2) is 5.96 Å². The van der Waals surface area contributed by atoms with Gasteiger partial charge in [0.1, 0.15) is 0 Å². The third kappa shape index (κ3) is 3.44. The molecule has 1 atom stereocenters. The smallest absolute Gasteiger partial charge is 0.194 e. The van der Waals surface area contributed by atoms with Gasteiger partial charge in [-0.2, -0.15) is 0 Å². The molecular weight excluding hydrogens is 234 g/mol.